The van der Waals surface area contributed by atoms with Crippen molar-refractivity contribution in [1.82, 2.24) is 0 Å². The highest BCUT2D eigenvalue weighted by atomic mass is 35.5. The lowest BCUT2D eigenvalue weighted by molar-refractivity contribution is 0.278. The van der Waals surface area contributed by atoms with Crippen LogP contribution in [0.4, 0.5) is 0 Å². The summed E-state index contributed by atoms with van der Waals surface area (Å²) in [4.78, 5) is -0.0817. The highest BCUT2D eigenvalue weighted by molar-refractivity contribution is 7.87. The molecule has 1 N–H and O–H groups in total. The van der Waals surface area contributed by atoms with Crippen molar-refractivity contribution in [1.29, 1.82) is 0 Å². The minimum Gasteiger partial charge on any atom is -0.392 e. The molecule has 0 heterocycles. The number of hydrogen-bond acceptors (Lipinski definition) is 4. The molecule has 8 heteroatoms. The van der Waals surface area contributed by atoms with Crippen LogP contribution in [-0.2, 0) is 16.7 Å². The second kappa shape index (κ2) is 6.42. The monoisotopic (exact) mass is 366 g/mol. The molecule has 4 nitrogen and oxygen atoms in total. The van der Waals surface area contributed by atoms with Crippen LogP contribution < -0.4 is 4.18 Å². The van der Waals surface area contributed by atoms with Crippen molar-refractivity contribution in [2.75, 3.05) is 0 Å². The molecular weight excluding hydrogens is 359 g/mol. The first-order valence-corrected chi connectivity index (χ1v) is 8.16. The molecule has 0 fully saturated rings. The van der Waals surface area contributed by atoms with E-state index in [9.17, 15) is 13.5 Å². The predicted molar refractivity (Wildman–Crippen MR) is 81.7 cm³/mol. The summed E-state index contributed by atoms with van der Waals surface area (Å²) in [5, 5.41) is 9.91. The van der Waals surface area contributed by atoms with Gasteiger partial charge in [-0.3, -0.25) is 0 Å². The first kappa shape index (κ1) is 16.4. The molecule has 0 amide bonds. The standard InChI is InChI=1S/C13H9Cl3O4S/c14-9-1-3-11(4-2-9)21(18,19)20-13-8(7-17)5-10(15)6-12(13)16/h1-6,17H,7H2. The van der Waals surface area contributed by atoms with Crippen LogP contribution in [0.1, 0.15) is 5.56 Å². The molecule has 0 radical (unpaired) electrons. The third kappa shape index (κ3) is 3.81. The maximum absolute atomic E-state index is 12.2. The molecule has 2 aromatic carbocycles. The zero-order valence-corrected chi connectivity index (χ0v) is 13.5. The molecule has 21 heavy (non-hydrogen) atoms. The van der Waals surface area contributed by atoms with E-state index in [1.54, 1.807) is 0 Å². The maximum Gasteiger partial charge on any atom is 0.339 e. The van der Waals surface area contributed by atoms with Crippen molar-refractivity contribution in [3.63, 3.8) is 0 Å². The highest BCUT2D eigenvalue weighted by Crippen LogP contribution is 2.34. The number of aliphatic hydroxyl groups is 1. The van der Waals surface area contributed by atoms with Gasteiger partial charge in [0.2, 0.25) is 0 Å². The van der Waals surface area contributed by atoms with Gasteiger partial charge in [-0.05, 0) is 36.4 Å². The highest BCUT2D eigenvalue weighted by Gasteiger charge is 2.21. The third-order valence-corrected chi connectivity index (χ3v) is 4.54. The number of hydrogen-bond donors (Lipinski definition) is 1. The normalized spacial score (nSPS) is 11.4. The summed E-state index contributed by atoms with van der Waals surface area (Å²) in [6.07, 6.45) is 0. The van der Waals surface area contributed by atoms with Crippen molar-refractivity contribution < 1.29 is 17.7 Å². The first-order chi connectivity index (χ1) is 9.83. The fourth-order valence-electron chi connectivity index (χ4n) is 1.58. The summed E-state index contributed by atoms with van der Waals surface area (Å²) in [7, 11) is -4.10. The Balaban J connectivity index is 2.44. The first-order valence-electron chi connectivity index (χ1n) is 5.62. The summed E-state index contributed by atoms with van der Waals surface area (Å²) in [6.45, 7) is -0.467. The molecule has 0 atom stereocenters. The number of aliphatic hydroxyl groups excluding tert-OH is 1. The number of halogens is 3. The Morgan fingerprint density at radius 2 is 1.62 bits per heavy atom. The summed E-state index contributed by atoms with van der Waals surface area (Å²) in [6, 6.07) is 8.16. The fraction of sp³-hybridized carbons (Fsp3) is 0.0769. The van der Waals surface area contributed by atoms with Crippen molar-refractivity contribution >= 4 is 44.9 Å². The average molecular weight is 368 g/mol. The molecule has 112 valence electrons. The van der Waals surface area contributed by atoms with E-state index in [0.717, 1.165) is 0 Å². The van der Waals surface area contributed by atoms with E-state index in [-0.39, 0.29) is 26.3 Å². The van der Waals surface area contributed by atoms with E-state index in [0.29, 0.717) is 5.02 Å². The Kier molecular flexibility index (Phi) is 5.01. The van der Waals surface area contributed by atoms with Crippen LogP contribution in [0.15, 0.2) is 41.3 Å². The van der Waals surface area contributed by atoms with Crippen LogP contribution in [0.3, 0.4) is 0 Å². The molecule has 0 unspecified atom stereocenters. The van der Waals surface area contributed by atoms with Gasteiger partial charge in [0.25, 0.3) is 0 Å². The van der Waals surface area contributed by atoms with Gasteiger partial charge in [0.15, 0.2) is 5.75 Å². The Hall–Kier alpha value is -0.980. The lowest BCUT2D eigenvalue weighted by atomic mass is 10.2. The van der Waals surface area contributed by atoms with Gasteiger partial charge in [-0.15, -0.1) is 0 Å². The molecule has 0 saturated heterocycles. The minimum atomic E-state index is -4.10. The molecule has 0 aliphatic carbocycles. The van der Waals surface area contributed by atoms with Gasteiger partial charge >= 0.3 is 10.1 Å². The van der Waals surface area contributed by atoms with Gasteiger partial charge in [0.05, 0.1) is 11.6 Å². The SMILES string of the molecule is O=S(=O)(Oc1c(Cl)cc(Cl)cc1CO)c1ccc(Cl)cc1. The van der Waals surface area contributed by atoms with E-state index in [1.165, 1.54) is 36.4 Å². The summed E-state index contributed by atoms with van der Waals surface area (Å²) in [5.74, 6) is -0.154. The molecule has 0 aliphatic heterocycles. The third-order valence-electron chi connectivity index (χ3n) is 2.55. The lowest BCUT2D eigenvalue weighted by Crippen LogP contribution is -2.11. The summed E-state index contributed by atoms with van der Waals surface area (Å²) >= 11 is 17.4. The van der Waals surface area contributed by atoms with Gasteiger partial charge < -0.3 is 9.29 Å². The van der Waals surface area contributed by atoms with Crippen LogP contribution in [0, 0.1) is 0 Å². The van der Waals surface area contributed by atoms with E-state index in [4.69, 9.17) is 39.0 Å². The Bertz CT molecular complexity index is 758. The van der Waals surface area contributed by atoms with Gasteiger partial charge in [-0.1, -0.05) is 34.8 Å². The van der Waals surface area contributed by atoms with E-state index < -0.39 is 16.7 Å². The Morgan fingerprint density at radius 1 is 1.00 bits per heavy atom. The molecule has 0 bridgehead atoms. The van der Waals surface area contributed by atoms with Gasteiger partial charge in [-0.25, -0.2) is 0 Å². The quantitative estimate of drug-likeness (QED) is 0.832. The number of benzene rings is 2. The summed E-state index contributed by atoms with van der Waals surface area (Å²) < 4.78 is 29.4. The van der Waals surface area contributed by atoms with Crippen LogP contribution in [-0.4, -0.2) is 13.5 Å². The van der Waals surface area contributed by atoms with E-state index in [2.05, 4.69) is 0 Å². The van der Waals surface area contributed by atoms with Crippen molar-refractivity contribution in [3.05, 3.63) is 57.0 Å². The lowest BCUT2D eigenvalue weighted by Gasteiger charge is -2.12. The minimum absolute atomic E-state index is 0.0101. The molecule has 2 rings (SSSR count). The topological polar surface area (TPSA) is 63.6 Å². The Labute approximate surface area is 137 Å². The molecule has 2 aromatic rings. The van der Waals surface area contributed by atoms with Crippen molar-refractivity contribution in [2.45, 2.75) is 11.5 Å². The Morgan fingerprint density at radius 3 is 2.19 bits per heavy atom. The van der Waals surface area contributed by atoms with Crippen LogP contribution in [0.5, 0.6) is 5.75 Å². The van der Waals surface area contributed by atoms with E-state index >= 15 is 0 Å². The fourth-order valence-corrected chi connectivity index (χ4v) is 3.31. The molecule has 0 aromatic heterocycles. The van der Waals surface area contributed by atoms with Crippen LogP contribution >= 0.6 is 34.8 Å². The second-order valence-electron chi connectivity index (χ2n) is 4.03. The zero-order valence-electron chi connectivity index (χ0n) is 10.4. The molecule has 0 aliphatic rings. The van der Waals surface area contributed by atoms with Crippen molar-refractivity contribution in [3.8, 4) is 5.75 Å². The van der Waals surface area contributed by atoms with E-state index in [1.807, 2.05) is 0 Å². The maximum atomic E-state index is 12.2. The van der Waals surface area contributed by atoms with Crippen LogP contribution in [0.2, 0.25) is 15.1 Å². The molecule has 0 spiro atoms. The molecule has 0 saturated carbocycles. The van der Waals surface area contributed by atoms with Gasteiger partial charge in [0.1, 0.15) is 4.90 Å². The van der Waals surface area contributed by atoms with Crippen molar-refractivity contribution in [2.24, 2.45) is 0 Å². The summed E-state index contributed by atoms with van der Waals surface area (Å²) in [5.41, 5.74) is 0.171. The second-order valence-corrected chi connectivity index (χ2v) is 6.85. The largest absolute Gasteiger partial charge is 0.392 e. The van der Waals surface area contributed by atoms with Crippen LogP contribution in [0.25, 0.3) is 0 Å². The van der Waals surface area contributed by atoms with Gasteiger partial charge in [-0.2, -0.15) is 8.42 Å². The average Bonchev–Trinajstić information content (AvgIpc) is 2.42. The smallest absolute Gasteiger partial charge is 0.339 e. The molecular formula is C13H9Cl3O4S. The number of rotatable bonds is 4. The zero-order chi connectivity index (χ0) is 15.6. The van der Waals surface area contributed by atoms with Gasteiger partial charge in [0, 0.05) is 15.6 Å². The predicted octanol–water partition coefficient (Wildman–Crippen LogP) is 3.91.